The highest BCUT2D eigenvalue weighted by Gasteiger charge is 2.31. The van der Waals surface area contributed by atoms with Crippen LogP contribution in [0.2, 0.25) is 0 Å². The molecule has 3 rings (SSSR count). The Morgan fingerprint density at radius 1 is 1.03 bits per heavy atom. The average Bonchev–Trinajstić information content (AvgIpc) is 3.09. The number of hydrogen-bond donors (Lipinski definition) is 2. The molecule has 170 valence electrons. The predicted molar refractivity (Wildman–Crippen MR) is 121 cm³/mol. The smallest absolute Gasteiger partial charge is 0.407 e. The van der Waals surface area contributed by atoms with E-state index in [1.807, 2.05) is 43.3 Å². The van der Waals surface area contributed by atoms with Gasteiger partial charge in [0.1, 0.15) is 19.2 Å². The van der Waals surface area contributed by atoms with E-state index in [4.69, 9.17) is 9.84 Å². The Balaban J connectivity index is 1.69. The number of fused-ring (bicyclic) bond motifs is 3. The van der Waals surface area contributed by atoms with Crippen molar-refractivity contribution in [2.24, 2.45) is 0 Å². The number of nitrogens with one attached hydrogen (secondary N) is 1. The lowest BCUT2D eigenvalue weighted by molar-refractivity contribution is -0.146. The first-order valence-corrected chi connectivity index (χ1v) is 11.0. The van der Waals surface area contributed by atoms with E-state index in [0.29, 0.717) is 12.8 Å². The molecule has 0 saturated carbocycles. The van der Waals surface area contributed by atoms with Gasteiger partial charge in [-0.05, 0) is 42.5 Å². The number of carbonyl (C=O) groups excluding carboxylic acids is 2. The Morgan fingerprint density at radius 2 is 1.59 bits per heavy atom. The van der Waals surface area contributed by atoms with Crippen molar-refractivity contribution in [1.29, 1.82) is 0 Å². The number of carboxylic acid groups (broad SMARTS) is 1. The molecule has 32 heavy (non-hydrogen) atoms. The van der Waals surface area contributed by atoms with Crippen LogP contribution in [0.4, 0.5) is 4.79 Å². The van der Waals surface area contributed by atoms with E-state index in [-0.39, 0.29) is 18.6 Å². The number of rotatable bonds is 9. The average molecular weight is 439 g/mol. The summed E-state index contributed by atoms with van der Waals surface area (Å²) >= 11 is 0. The van der Waals surface area contributed by atoms with E-state index in [9.17, 15) is 14.4 Å². The van der Waals surface area contributed by atoms with E-state index < -0.39 is 30.6 Å². The second-order valence-corrected chi connectivity index (χ2v) is 8.26. The fraction of sp³-hybridized carbons (Fsp3) is 0.400. The summed E-state index contributed by atoms with van der Waals surface area (Å²) in [4.78, 5) is 38.0. The molecule has 0 unspecified atom stereocenters. The maximum Gasteiger partial charge on any atom is 0.407 e. The van der Waals surface area contributed by atoms with Gasteiger partial charge < -0.3 is 20.1 Å². The van der Waals surface area contributed by atoms with Gasteiger partial charge in [-0.1, -0.05) is 61.9 Å². The van der Waals surface area contributed by atoms with Gasteiger partial charge in [-0.25, -0.2) is 4.79 Å². The lowest BCUT2D eigenvalue weighted by Crippen LogP contribution is -2.52. The molecule has 0 spiro atoms. The number of benzene rings is 2. The summed E-state index contributed by atoms with van der Waals surface area (Å²) in [5.41, 5.74) is 4.49. The molecule has 1 aliphatic carbocycles. The standard InChI is InChI=1S/C25H30N2O5/c1-4-9-22(24(30)27(16(2)3)14-23(28)29)26-25(31)32-15-21-19-12-7-5-10-17(19)18-11-6-8-13-20(18)21/h5-8,10-13,16,21-22H,4,9,14-15H2,1-3H3,(H,26,31)(H,28,29)/t22-/m1/s1. The second-order valence-electron chi connectivity index (χ2n) is 8.26. The van der Waals surface area contributed by atoms with Crippen LogP contribution in [-0.2, 0) is 14.3 Å². The highest BCUT2D eigenvalue weighted by molar-refractivity contribution is 5.88. The van der Waals surface area contributed by atoms with Crippen LogP contribution < -0.4 is 5.32 Å². The van der Waals surface area contributed by atoms with Crippen molar-refractivity contribution in [3.8, 4) is 11.1 Å². The van der Waals surface area contributed by atoms with Gasteiger partial charge in [-0.2, -0.15) is 0 Å². The molecule has 2 aromatic carbocycles. The number of alkyl carbamates (subject to hydrolysis) is 1. The van der Waals surface area contributed by atoms with Crippen LogP contribution in [0.5, 0.6) is 0 Å². The topological polar surface area (TPSA) is 95.9 Å². The highest BCUT2D eigenvalue weighted by Crippen LogP contribution is 2.44. The van der Waals surface area contributed by atoms with Gasteiger partial charge in [0, 0.05) is 12.0 Å². The molecule has 2 aromatic rings. The van der Waals surface area contributed by atoms with E-state index in [1.54, 1.807) is 13.8 Å². The van der Waals surface area contributed by atoms with Gasteiger partial charge in [0.05, 0.1) is 0 Å². The molecule has 0 fully saturated rings. The van der Waals surface area contributed by atoms with E-state index in [1.165, 1.54) is 4.90 Å². The van der Waals surface area contributed by atoms with Crippen molar-refractivity contribution in [1.82, 2.24) is 10.2 Å². The highest BCUT2D eigenvalue weighted by atomic mass is 16.5. The van der Waals surface area contributed by atoms with Gasteiger partial charge in [0.15, 0.2) is 0 Å². The zero-order chi connectivity index (χ0) is 23.3. The second kappa shape index (κ2) is 10.3. The number of carbonyl (C=O) groups is 3. The molecule has 2 amide bonds. The quantitative estimate of drug-likeness (QED) is 0.617. The van der Waals surface area contributed by atoms with Crippen LogP contribution in [0, 0.1) is 0 Å². The molecule has 1 atom stereocenters. The minimum absolute atomic E-state index is 0.0763. The van der Waals surface area contributed by atoms with Gasteiger partial charge >= 0.3 is 12.1 Å². The largest absolute Gasteiger partial charge is 0.480 e. The SMILES string of the molecule is CCC[C@@H](NC(=O)OCC1c2ccccc2-c2ccccc21)C(=O)N(CC(=O)O)C(C)C. The third kappa shape index (κ3) is 5.10. The fourth-order valence-corrected chi connectivity index (χ4v) is 4.19. The van der Waals surface area contributed by atoms with Crippen molar-refractivity contribution < 1.29 is 24.2 Å². The van der Waals surface area contributed by atoms with Crippen LogP contribution in [0.25, 0.3) is 11.1 Å². The number of aliphatic carboxylic acids is 1. The lowest BCUT2D eigenvalue weighted by Gasteiger charge is -2.29. The van der Waals surface area contributed by atoms with E-state index >= 15 is 0 Å². The Kier molecular flexibility index (Phi) is 7.51. The third-order valence-corrected chi connectivity index (χ3v) is 5.72. The van der Waals surface area contributed by atoms with E-state index in [0.717, 1.165) is 22.3 Å². The van der Waals surface area contributed by atoms with Crippen molar-refractivity contribution in [2.75, 3.05) is 13.2 Å². The first kappa shape index (κ1) is 23.3. The molecular formula is C25H30N2O5. The molecular weight excluding hydrogens is 408 g/mol. The summed E-state index contributed by atoms with van der Waals surface area (Å²) in [7, 11) is 0. The van der Waals surface area contributed by atoms with Gasteiger partial charge in [-0.3, -0.25) is 9.59 Å². The third-order valence-electron chi connectivity index (χ3n) is 5.72. The maximum absolute atomic E-state index is 12.9. The molecule has 7 heteroatoms. The molecule has 1 aliphatic rings. The number of carboxylic acids is 1. The fourth-order valence-electron chi connectivity index (χ4n) is 4.19. The molecule has 7 nitrogen and oxygen atoms in total. The molecule has 2 N–H and O–H groups in total. The number of hydrogen-bond acceptors (Lipinski definition) is 4. The summed E-state index contributed by atoms with van der Waals surface area (Å²) in [5.74, 6) is -1.59. The van der Waals surface area contributed by atoms with Crippen LogP contribution in [0.15, 0.2) is 48.5 Å². The minimum atomic E-state index is -1.09. The van der Waals surface area contributed by atoms with Crippen LogP contribution in [-0.4, -0.2) is 53.2 Å². The van der Waals surface area contributed by atoms with E-state index in [2.05, 4.69) is 17.4 Å². The molecule has 0 radical (unpaired) electrons. The van der Waals surface area contributed by atoms with Crippen LogP contribution in [0.1, 0.15) is 50.7 Å². The van der Waals surface area contributed by atoms with Crippen molar-refractivity contribution in [3.63, 3.8) is 0 Å². The number of nitrogens with zero attached hydrogens (tertiary/aromatic N) is 1. The molecule has 0 saturated heterocycles. The summed E-state index contributed by atoms with van der Waals surface area (Å²) < 4.78 is 5.55. The molecule has 0 bridgehead atoms. The normalized spacial score (nSPS) is 13.2. The predicted octanol–water partition coefficient (Wildman–Crippen LogP) is 4.02. The Bertz CT molecular complexity index is 942. The molecule has 0 aliphatic heterocycles. The zero-order valence-electron chi connectivity index (χ0n) is 18.7. The molecule has 0 heterocycles. The Morgan fingerprint density at radius 3 is 2.09 bits per heavy atom. The summed E-state index contributed by atoms with van der Waals surface area (Å²) in [6.45, 7) is 5.13. The summed E-state index contributed by atoms with van der Waals surface area (Å²) in [5, 5.41) is 11.8. The molecule has 0 aromatic heterocycles. The van der Waals surface area contributed by atoms with Gasteiger partial charge in [0.25, 0.3) is 0 Å². The lowest BCUT2D eigenvalue weighted by atomic mass is 9.98. The first-order valence-electron chi connectivity index (χ1n) is 11.0. The Labute approximate surface area is 188 Å². The first-order chi connectivity index (χ1) is 15.3. The Hall–Kier alpha value is -3.35. The number of ether oxygens (including phenoxy) is 1. The maximum atomic E-state index is 12.9. The van der Waals surface area contributed by atoms with Gasteiger partial charge in [-0.15, -0.1) is 0 Å². The minimum Gasteiger partial charge on any atom is -0.480 e. The summed E-state index contributed by atoms with van der Waals surface area (Å²) in [6, 6.07) is 15.0. The number of amides is 2. The monoisotopic (exact) mass is 438 g/mol. The van der Waals surface area contributed by atoms with Crippen LogP contribution >= 0.6 is 0 Å². The zero-order valence-corrected chi connectivity index (χ0v) is 18.7. The van der Waals surface area contributed by atoms with Crippen molar-refractivity contribution >= 4 is 18.0 Å². The van der Waals surface area contributed by atoms with Crippen LogP contribution in [0.3, 0.4) is 0 Å². The van der Waals surface area contributed by atoms with Gasteiger partial charge in [0.2, 0.25) is 5.91 Å². The summed E-state index contributed by atoms with van der Waals surface area (Å²) in [6.07, 6.45) is 0.364. The van der Waals surface area contributed by atoms with Crippen molar-refractivity contribution in [3.05, 3.63) is 59.7 Å². The van der Waals surface area contributed by atoms with Crippen molar-refractivity contribution in [2.45, 2.75) is 51.6 Å².